The standard InChI is InChI=1S/C28H31F3N4O4/c1-3-6-18(24(32)36)19(11-12-28(29,30)31)26(37)34-25-27(38)35-13-14-39-21-10-5-9-20(23(21)35)22(33-25)17-8-4-7-16(2)15-17/h4-5,7-10,15,18-19,25H,3,6,11-14H2,1-2H3,(H2,32,36)(H,34,37)/t18-,19+,25+/m0/s1. The van der Waals surface area contributed by atoms with Gasteiger partial charge < -0.3 is 20.7 Å². The molecule has 2 aliphatic rings. The molecule has 4 rings (SSSR count). The van der Waals surface area contributed by atoms with Crippen LogP contribution in [0, 0.1) is 18.8 Å². The highest BCUT2D eigenvalue weighted by molar-refractivity contribution is 6.21. The summed E-state index contributed by atoms with van der Waals surface area (Å²) in [4.78, 5) is 45.6. The number of hydrogen-bond acceptors (Lipinski definition) is 5. The summed E-state index contributed by atoms with van der Waals surface area (Å²) in [6.07, 6.45) is -7.30. The number of anilines is 1. The zero-order chi connectivity index (χ0) is 28.3. The summed E-state index contributed by atoms with van der Waals surface area (Å²) in [5.74, 6) is -4.30. The summed E-state index contributed by atoms with van der Waals surface area (Å²) in [5.41, 5.74) is 8.71. The normalized spacial score (nSPS) is 18.3. The van der Waals surface area contributed by atoms with Crippen LogP contribution in [0.25, 0.3) is 0 Å². The Kier molecular flexibility index (Phi) is 8.27. The third kappa shape index (κ3) is 6.23. The molecule has 2 aromatic rings. The van der Waals surface area contributed by atoms with E-state index in [0.717, 1.165) is 5.56 Å². The van der Waals surface area contributed by atoms with E-state index in [1.54, 1.807) is 25.1 Å². The molecule has 2 heterocycles. The van der Waals surface area contributed by atoms with Gasteiger partial charge in [0.15, 0.2) is 0 Å². The van der Waals surface area contributed by atoms with E-state index >= 15 is 0 Å². The van der Waals surface area contributed by atoms with Crippen LogP contribution in [0.4, 0.5) is 18.9 Å². The van der Waals surface area contributed by atoms with Crippen LogP contribution >= 0.6 is 0 Å². The van der Waals surface area contributed by atoms with Gasteiger partial charge in [0.05, 0.1) is 17.9 Å². The number of halogens is 3. The Morgan fingerprint density at radius 3 is 2.59 bits per heavy atom. The monoisotopic (exact) mass is 544 g/mol. The van der Waals surface area contributed by atoms with Crippen molar-refractivity contribution in [3.63, 3.8) is 0 Å². The molecule has 39 heavy (non-hydrogen) atoms. The van der Waals surface area contributed by atoms with E-state index in [0.29, 0.717) is 34.7 Å². The average Bonchev–Trinajstić information content (AvgIpc) is 2.99. The highest BCUT2D eigenvalue weighted by Gasteiger charge is 2.40. The van der Waals surface area contributed by atoms with E-state index in [2.05, 4.69) is 10.3 Å². The second kappa shape index (κ2) is 11.5. The first-order chi connectivity index (χ1) is 18.5. The summed E-state index contributed by atoms with van der Waals surface area (Å²) in [7, 11) is 0. The van der Waals surface area contributed by atoms with Crippen molar-refractivity contribution in [3.05, 3.63) is 59.2 Å². The molecule has 2 aromatic carbocycles. The fourth-order valence-electron chi connectivity index (χ4n) is 5.13. The number of benzene rings is 2. The molecule has 3 N–H and O–H groups in total. The molecule has 0 aliphatic carbocycles. The van der Waals surface area contributed by atoms with Crippen LogP contribution in [0.2, 0.25) is 0 Å². The number of aliphatic imine (C=N–C) groups is 1. The maximum atomic E-state index is 13.8. The molecule has 3 atom stereocenters. The third-order valence-corrected chi connectivity index (χ3v) is 6.95. The molecule has 0 bridgehead atoms. The molecule has 0 radical (unpaired) electrons. The summed E-state index contributed by atoms with van der Waals surface area (Å²) >= 11 is 0. The lowest BCUT2D eigenvalue weighted by atomic mass is 9.83. The number of amides is 3. The molecule has 3 amide bonds. The Balaban J connectivity index is 1.76. The molecule has 0 unspecified atom stereocenters. The van der Waals surface area contributed by atoms with Gasteiger partial charge in [0.25, 0.3) is 5.91 Å². The Morgan fingerprint density at radius 1 is 1.18 bits per heavy atom. The van der Waals surface area contributed by atoms with Gasteiger partial charge in [-0.05, 0) is 31.9 Å². The number of primary amides is 1. The number of hydrogen-bond donors (Lipinski definition) is 2. The SMILES string of the molecule is CCC[C@H](C(N)=O)[C@@H](CCC(F)(F)F)C(=O)N[C@H]1N=C(c2cccc(C)c2)c2cccc3c2N(CCO3)C1=O. The number of rotatable bonds is 9. The maximum Gasteiger partial charge on any atom is 0.389 e. The molecule has 0 saturated carbocycles. The fraction of sp³-hybridized carbons (Fsp3) is 0.429. The van der Waals surface area contributed by atoms with E-state index in [-0.39, 0.29) is 19.6 Å². The van der Waals surface area contributed by atoms with Gasteiger partial charge in [-0.25, -0.2) is 4.99 Å². The predicted octanol–water partition coefficient (Wildman–Crippen LogP) is 3.87. The van der Waals surface area contributed by atoms with Gasteiger partial charge in [-0.3, -0.25) is 14.4 Å². The molecule has 8 nitrogen and oxygen atoms in total. The third-order valence-electron chi connectivity index (χ3n) is 6.95. The summed E-state index contributed by atoms with van der Waals surface area (Å²) in [6.45, 7) is 4.07. The van der Waals surface area contributed by atoms with Crippen molar-refractivity contribution in [3.8, 4) is 5.75 Å². The van der Waals surface area contributed by atoms with Crippen molar-refractivity contribution in [1.29, 1.82) is 0 Å². The Hall–Kier alpha value is -3.89. The second-order valence-corrected chi connectivity index (χ2v) is 9.81. The van der Waals surface area contributed by atoms with Crippen molar-refractivity contribution in [2.24, 2.45) is 22.6 Å². The quantitative estimate of drug-likeness (QED) is 0.499. The zero-order valence-electron chi connectivity index (χ0n) is 21.8. The lowest BCUT2D eigenvalue weighted by Gasteiger charge is -2.31. The Bertz CT molecular complexity index is 1290. The molecule has 208 valence electrons. The van der Waals surface area contributed by atoms with Crippen molar-refractivity contribution in [2.45, 2.75) is 51.9 Å². The van der Waals surface area contributed by atoms with E-state index in [1.165, 1.54) is 4.90 Å². The largest absolute Gasteiger partial charge is 0.490 e. The number of nitrogens with one attached hydrogen (secondary N) is 1. The fourth-order valence-corrected chi connectivity index (χ4v) is 5.13. The topological polar surface area (TPSA) is 114 Å². The van der Waals surface area contributed by atoms with E-state index < -0.39 is 54.7 Å². The van der Waals surface area contributed by atoms with E-state index in [4.69, 9.17) is 10.5 Å². The number of nitrogens with two attached hydrogens (primary N) is 1. The number of carbonyl (C=O) groups is 3. The number of nitrogens with zero attached hydrogens (tertiary/aromatic N) is 2. The van der Waals surface area contributed by atoms with Gasteiger partial charge in [-0.1, -0.05) is 49.2 Å². The Labute approximate surface area is 224 Å². The van der Waals surface area contributed by atoms with Crippen molar-refractivity contribution >= 4 is 29.1 Å². The second-order valence-electron chi connectivity index (χ2n) is 9.81. The molecule has 0 fully saturated rings. The molecule has 2 aliphatic heterocycles. The lowest BCUT2D eigenvalue weighted by molar-refractivity contribution is -0.146. The van der Waals surface area contributed by atoms with Gasteiger partial charge in [-0.15, -0.1) is 0 Å². The predicted molar refractivity (Wildman–Crippen MR) is 139 cm³/mol. The molecule has 11 heteroatoms. The first-order valence-corrected chi connectivity index (χ1v) is 12.9. The van der Waals surface area contributed by atoms with Crippen molar-refractivity contribution < 1.29 is 32.3 Å². The van der Waals surface area contributed by atoms with Gasteiger partial charge in [0.2, 0.25) is 18.0 Å². The van der Waals surface area contributed by atoms with Crippen LogP contribution in [0.1, 0.15) is 49.3 Å². The maximum absolute atomic E-state index is 13.8. The van der Waals surface area contributed by atoms with Gasteiger partial charge >= 0.3 is 6.18 Å². The molecule has 0 spiro atoms. The van der Waals surface area contributed by atoms with Crippen molar-refractivity contribution in [1.82, 2.24) is 5.32 Å². The van der Waals surface area contributed by atoms with Crippen LogP contribution in [0.5, 0.6) is 5.75 Å². The Morgan fingerprint density at radius 2 is 1.92 bits per heavy atom. The number of alkyl halides is 3. The number of aryl methyl sites for hydroxylation is 1. The van der Waals surface area contributed by atoms with E-state index in [1.807, 2.05) is 31.2 Å². The lowest BCUT2D eigenvalue weighted by Crippen LogP contribution is -2.52. The van der Waals surface area contributed by atoms with Crippen LogP contribution in [-0.2, 0) is 14.4 Å². The smallest absolute Gasteiger partial charge is 0.389 e. The van der Waals surface area contributed by atoms with Crippen LogP contribution in [0.15, 0.2) is 47.5 Å². The first-order valence-electron chi connectivity index (χ1n) is 12.9. The molecule has 0 aromatic heterocycles. The summed E-state index contributed by atoms with van der Waals surface area (Å²) < 4.78 is 45.2. The van der Waals surface area contributed by atoms with Crippen LogP contribution in [0.3, 0.4) is 0 Å². The minimum atomic E-state index is -4.53. The molecule has 0 saturated heterocycles. The summed E-state index contributed by atoms with van der Waals surface area (Å²) in [6, 6.07) is 12.8. The zero-order valence-corrected chi connectivity index (χ0v) is 21.8. The highest BCUT2D eigenvalue weighted by Crippen LogP contribution is 2.39. The van der Waals surface area contributed by atoms with E-state index in [9.17, 15) is 27.6 Å². The van der Waals surface area contributed by atoms with Crippen LogP contribution < -0.4 is 20.7 Å². The van der Waals surface area contributed by atoms with Crippen LogP contribution in [-0.4, -0.2) is 48.9 Å². The van der Waals surface area contributed by atoms with Gasteiger partial charge in [0, 0.05) is 29.4 Å². The average molecular weight is 545 g/mol. The number of para-hydroxylation sites is 1. The van der Waals surface area contributed by atoms with Gasteiger partial charge in [0.1, 0.15) is 12.4 Å². The number of ether oxygens (including phenoxy) is 1. The van der Waals surface area contributed by atoms with Crippen molar-refractivity contribution in [2.75, 3.05) is 18.1 Å². The minimum absolute atomic E-state index is 0.139. The van der Waals surface area contributed by atoms with Gasteiger partial charge in [-0.2, -0.15) is 13.2 Å². The number of carbonyl (C=O) groups excluding carboxylic acids is 3. The minimum Gasteiger partial charge on any atom is -0.490 e. The molecular formula is C28H31F3N4O4. The first kappa shape index (κ1) is 28.1. The summed E-state index contributed by atoms with van der Waals surface area (Å²) in [5, 5.41) is 2.56. The molecular weight excluding hydrogens is 513 g/mol. The highest BCUT2D eigenvalue weighted by atomic mass is 19.4.